The Morgan fingerprint density at radius 3 is 3.00 bits per heavy atom. The molecule has 1 aliphatic rings. The number of hydrogen-bond donors (Lipinski definition) is 1. The summed E-state index contributed by atoms with van der Waals surface area (Å²) in [5.74, 6) is 0. The molecule has 2 heterocycles. The Morgan fingerprint density at radius 2 is 2.20 bits per heavy atom. The molecule has 0 unspecified atom stereocenters. The second-order valence-corrected chi connectivity index (χ2v) is 6.81. The van der Waals surface area contributed by atoms with Gasteiger partial charge in [-0.3, -0.25) is 4.40 Å². The first-order valence-electron chi connectivity index (χ1n) is 7.50. The maximum Gasteiger partial charge on any atom is 0.194 e. The quantitative estimate of drug-likeness (QED) is 0.832. The van der Waals surface area contributed by atoms with Crippen LogP contribution in [0.3, 0.4) is 0 Å². The third-order valence-corrected chi connectivity index (χ3v) is 4.87. The Kier molecular flexibility index (Phi) is 4.38. The van der Waals surface area contributed by atoms with E-state index in [0.29, 0.717) is 6.10 Å². The van der Waals surface area contributed by atoms with Crippen molar-refractivity contribution in [3.63, 3.8) is 0 Å². The Balaban J connectivity index is 1.48. The van der Waals surface area contributed by atoms with Crippen LogP contribution in [-0.2, 0) is 11.3 Å². The summed E-state index contributed by atoms with van der Waals surface area (Å²) in [5, 5.41) is 3.47. The molecular formula is C15H23N3OS. The number of nitrogens with one attached hydrogen (secondary N) is 1. The summed E-state index contributed by atoms with van der Waals surface area (Å²) < 4.78 is 8.07. The van der Waals surface area contributed by atoms with E-state index in [1.165, 1.54) is 36.3 Å². The van der Waals surface area contributed by atoms with Gasteiger partial charge in [-0.15, -0.1) is 11.3 Å². The van der Waals surface area contributed by atoms with Crippen molar-refractivity contribution in [2.75, 3.05) is 13.2 Å². The number of hydrogen-bond acceptors (Lipinski definition) is 4. The van der Waals surface area contributed by atoms with E-state index in [1.807, 2.05) is 0 Å². The summed E-state index contributed by atoms with van der Waals surface area (Å²) in [6.45, 7) is 6.79. The van der Waals surface area contributed by atoms with E-state index in [2.05, 4.69) is 34.7 Å². The first-order chi connectivity index (χ1) is 9.74. The van der Waals surface area contributed by atoms with Crippen molar-refractivity contribution >= 4 is 16.3 Å². The molecule has 1 fully saturated rings. The molecule has 110 valence electrons. The molecule has 0 aliphatic heterocycles. The van der Waals surface area contributed by atoms with Crippen LogP contribution in [0, 0.1) is 13.8 Å². The molecule has 20 heavy (non-hydrogen) atoms. The molecule has 5 heteroatoms. The minimum Gasteiger partial charge on any atom is -0.377 e. The first kappa shape index (κ1) is 14.0. The number of thiazole rings is 1. The summed E-state index contributed by atoms with van der Waals surface area (Å²) in [7, 11) is 0. The molecule has 0 aromatic carbocycles. The standard InChI is InChI=1S/C15H23N3OS/c1-11-10-18-14(12(2)17-15(18)20-11)9-16-7-8-19-13-5-3-4-6-13/h10,13,16H,3-9H2,1-2H3. The van der Waals surface area contributed by atoms with Crippen molar-refractivity contribution in [1.82, 2.24) is 14.7 Å². The average Bonchev–Trinajstić information content (AvgIpc) is 3.08. The van der Waals surface area contributed by atoms with E-state index in [1.54, 1.807) is 11.3 Å². The number of imidazole rings is 1. The summed E-state index contributed by atoms with van der Waals surface area (Å²) >= 11 is 1.75. The molecule has 0 atom stereocenters. The lowest BCUT2D eigenvalue weighted by Crippen LogP contribution is -2.22. The predicted octanol–water partition coefficient (Wildman–Crippen LogP) is 3.06. The summed E-state index contributed by atoms with van der Waals surface area (Å²) in [4.78, 5) is 7.01. The highest BCUT2D eigenvalue weighted by molar-refractivity contribution is 7.17. The van der Waals surface area contributed by atoms with E-state index >= 15 is 0 Å². The highest BCUT2D eigenvalue weighted by atomic mass is 32.1. The SMILES string of the molecule is Cc1cn2c(CNCCOC3CCCC3)c(C)nc2s1. The zero-order valence-electron chi connectivity index (χ0n) is 12.3. The van der Waals surface area contributed by atoms with Crippen LogP contribution in [0.15, 0.2) is 6.20 Å². The third-order valence-electron chi connectivity index (χ3n) is 3.97. The predicted molar refractivity (Wildman–Crippen MR) is 82.5 cm³/mol. The van der Waals surface area contributed by atoms with Crippen LogP contribution < -0.4 is 5.32 Å². The van der Waals surface area contributed by atoms with Crippen molar-refractivity contribution in [2.24, 2.45) is 0 Å². The fraction of sp³-hybridized carbons (Fsp3) is 0.667. The molecule has 0 spiro atoms. The van der Waals surface area contributed by atoms with E-state index in [9.17, 15) is 0 Å². The van der Waals surface area contributed by atoms with E-state index in [0.717, 1.165) is 30.4 Å². The monoisotopic (exact) mass is 293 g/mol. The molecule has 0 amide bonds. The smallest absolute Gasteiger partial charge is 0.194 e. The largest absolute Gasteiger partial charge is 0.377 e. The maximum absolute atomic E-state index is 5.86. The first-order valence-corrected chi connectivity index (χ1v) is 8.32. The molecule has 1 aliphatic carbocycles. The van der Waals surface area contributed by atoms with Crippen LogP contribution in [-0.4, -0.2) is 28.6 Å². The molecular weight excluding hydrogens is 270 g/mol. The molecule has 4 nitrogen and oxygen atoms in total. The van der Waals surface area contributed by atoms with Gasteiger partial charge in [0.05, 0.1) is 24.1 Å². The molecule has 0 saturated heterocycles. The fourth-order valence-electron chi connectivity index (χ4n) is 2.88. The van der Waals surface area contributed by atoms with Crippen molar-refractivity contribution in [1.29, 1.82) is 0 Å². The van der Waals surface area contributed by atoms with Gasteiger partial charge in [0.15, 0.2) is 4.96 Å². The van der Waals surface area contributed by atoms with Crippen LogP contribution >= 0.6 is 11.3 Å². The second-order valence-electron chi connectivity index (χ2n) is 5.59. The lowest BCUT2D eigenvalue weighted by Gasteiger charge is -2.11. The van der Waals surface area contributed by atoms with Crippen molar-refractivity contribution in [3.8, 4) is 0 Å². The maximum atomic E-state index is 5.86. The van der Waals surface area contributed by atoms with Gasteiger partial charge in [-0.2, -0.15) is 0 Å². The van der Waals surface area contributed by atoms with Gasteiger partial charge in [0.2, 0.25) is 0 Å². The number of nitrogens with zero attached hydrogens (tertiary/aromatic N) is 2. The van der Waals surface area contributed by atoms with Gasteiger partial charge in [0, 0.05) is 24.2 Å². The van der Waals surface area contributed by atoms with E-state index in [4.69, 9.17) is 4.74 Å². The number of rotatable bonds is 6. The molecule has 2 aromatic heterocycles. The number of fused-ring (bicyclic) bond motifs is 1. The van der Waals surface area contributed by atoms with Gasteiger partial charge in [0.25, 0.3) is 0 Å². The molecule has 3 rings (SSSR count). The van der Waals surface area contributed by atoms with Crippen LogP contribution in [0.2, 0.25) is 0 Å². The Labute approximate surface area is 124 Å². The van der Waals surface area contributed by atoms with Crippen molar-refractivity contribution < 1.29 is 4.74 Å². The number of aryl methyl sites for hydroxylation is 2. The highest BCUT2D eigenvalue weighted by Gasteiger charge is 2.15. The minimum atomic E-state index is 0.514. The van der Waals surface area contributed by atoms with Gasteiger partial charge in [-0.05, 0) is 26.7 Å². The van der Waals surface area contributed by atoms with Crippen molar-refractivity contribution in [2.45, 2.75) is 52.2 Å². The number of aromatic nitrogens is 2. The summed E-state index contributed by atoms with van der Waals surface area (Å²) in [6.07, 6.45) is 7.85. The normalized spacial score (nSPS) is 16.5. The van der Waals surface area contributed by atoms with E-state index < -0.39 is 0 Å². The minimum absolute atomic E-state index is 0.514. The lowest BCUT2D eigenvalue weighted by atomic mass is 10.3. The van der Waals surface area contributed by atoms with Gasteiger partial charge < -0.3 is 10.1 Å². The molecule has 1 saturated carbocycles. The third kappa shape index (κ3) is 3.05. The molecule has 0 radical (unpaired) electrons. The van der Waals surface area contributed by atoms with Gasteiger partial charge >= 0.3 is 0 Å². The zero-order valence-corrected chi connectivity index (χ0v) is 13.1. The van der Waals surface area contributed by atoms with Crippen molar-refractivity contribution in [3.05, 3.63) is 22.5 Å². The molecule has 0 bridgehead atoms. The lowest BCUT2D eigenvalue weighted by molar-refractivity contribution is 0.0602. The number of ether oxygens (including phenoxy) is 1. The fourth-order valence-corrected chi connectivity index (χ4v) is 3.77. The van der Waals surface area contributed by atoms with Gasteiger partial charge in [-0.1, -0.05) is 12.8 Å². The van der Waals surface area contributed by atoms with Crippen LogP contribution in [0.4, 0.5) is 0 Å². The molecule has 2 aromatic rings. The Bertz CT molecular complexity index is 569. The van der Waals surface area contributed by atoms with Gasteiger partial charge in [-0.25, -0.2) is 4.98 Å². The van der Waals surface area contributed by atoms with Crippen LogP contribution in [0.1, 0.15) is 41.9 Å². The zero-order chi connectivity index (χ0) is 13.9. The second kappa shape index (κ2) is 6.24. The molecule has 1 N–H and O–H groups in total. The van der Waals surface area contributed by atoms with Crippen LogP contribution in [0.25, 0.3) is 4.96 Å². The Hall–Kier alpha value is -0.910. The Morgan fingerprint density at radius 1 is 1.40 bits per heavy atom. The van der Waals surface area contributed by atoms with Crippen LogP contribution in [0.5, 0.6) is 0 Å². The van der Waals surface area contributed by atoms with E-state index in [-0.39, 0.29) is 0 Å². The summed E-state index contributed by atoms with van der Waals surface area (Å²) in [5.41, 5.74) is 2.39. The topological polar surface area (TPSA) is 38.6 Å². The highest BCUT2D eigenvalue weighted by Crippen LogP contribution is 2.21. The summed E-state index contributed by atoms with van der Waals surface area (Å²) in [6, 6.07) is 0. The van der Waals surface area contributed by atoms with Gasteiger partial charge in [0.1, 0.15) is 0 Å². The average molecular weight is 293 g/mol.